The Hall–Kier alpha value is -1.89. The van der Waals surface area contributed by atoms with Gasteiger partial charge in [0.2, 0.25) is 11.8 Å². The lowest BCUT2D eigenvalue weighted by molar-refractivity contribution is -0.122. The van der Waals surface area contributed by atoms with Crippen LogP contribution in [-0.4, -0.2) is 27.1 Å². The van der Waals surface area contributed by atoms with Crippen molar-refractivity contribution in [3.63, 3.8) is 0 Å². The fourth-order valence-electron chi connectivity index (χ4n) is 2.34. The lowest BCUT2D eigenvalue weighted by Crippen LogP contribution is -2.52. The van der Waals surface area contributed by atoms with Gasteiger partial charge in [-0.2, -0.15) is 5.10 Å². The average molecular weight is 265 g/mol. The molecule has 19 heavy (non-hydrogen) atoms. The summed E-state index contributed by atoms with van der Waals surface area (Å²) in [5.74, 6) is -0.672. The summed E-state index contributed by atoms with van der Waals surface area (Å²) in [5.41, 5.74) is 10.9. The average Bonchev–Trinajstić information content (AvgIpc) is 2.76. The molecule has 0 radical (unpaired) electrons. The number of primary amides is 1. The Balaban J connectivity index is 1.98. The molecule has 0 unspecified atom stereocenters. The van der Waals surface area contributed by atoms with Crippen molar-refractivity contribution in [1.82, 2.24) is 9.78 Å². The van der Waals surface area contributed by atoms with Gasteiger partial charge in [-0.1, -0.05) is 19.3 Å². The SMILES string of the molecule is NC(=O)Cn1cc(NC(=O)C2(N)CCCCC2)cn1. The van der Waals surface area contributed by atoms with E-state index in [1.165, 1.54) is 10.9 Å². The fourth-order valence-corrected chi connectivity index (χ4v) is 2.34. The van der Waals surface area contributed by atoms with Crippen LogP contribution in [0.2, 0.25) is 0 Å². The van der Waals surface area contributed by atoms with E-state index in [0.717, 1.165) is 19.3 Å². The number of nitrogens with zero attached hydrogens (tertiary/aromatic N) is 2. The highest BCUT2D eigenvalue weighted by Gasteiger charge is 2.35. The highest BCUT2D eigenvalue weighted by Crippen LogP contribution is 2.27. The van der Waals surface area contributed by atoms with Gasteiger partial charge in [-0.15, -0.1) is 0 Å². The van der Waals surface area contributed by atoms with Gasteiger partial charge in [-0.05, 0) is 12.8 Å². The summed E-state index contributed by atoms with van der Waals surface area (Å²) < 4.78 is 1.38. The van der Waals surface area contributed by atoms with E-state index in [-0.39, 0.29) is 12.5 Å². The van der Waals surface area contributed by atoms with Crippen LogP contribution in [-0.2, 0) is 16.1 Å². The molecule has 1 aromatic rings. The van der Waals surface area contributed by atoms with Crippen molar-refractivity contribution in [1.29, 1.82) is 0 Å². The van der Waals surface area contributed by atoms with Gasteiger partial charge in [-0.3, -0.25) is 14.3 Å². The Labute approximate surface area is 111 Å². The molecule has 1 heterocycles. The van der Waals surface area contributed by atoms with Gasteiger partial charge >= 0.3 is 0 Å². The van der Waals surface area contributed by atoms with Gasteiger partial charge in [-0.25, -0.2) is 0 Å². The van der Waals surface area contributed by atoms with E-state index in [2.05, 4.69) is 10.4 Å². The minimum absolute atomic E-state index is 0.0103. The molecule has 2 amide bonds. The van der Waals surface area contributed by atoms with Crippen molar-refractivity contribution >= 4 is 17.5 Å². The Morgan fingerprint density at radius 2 is 2.05 bits per heavy atom. The maximum absolute atomic E-state index is 12.2. The number of carbonyl (C=O) groups is 2. The molecule has 1 aromatic heterocycles. The minimum Gasteiger partial charge on any atom is -0.368 e. The first kappa shape index (κ1) is 13.5. The molecular weight excluding hydrogens is 246 g/mol. The maximum Gasteiger partial charge on any atom is 0.244 e. The second-order valence-corrected chi connectivity index (χ2v) is 5.06. The zero-order valence-corrected chi connectivity index (χ0v) is 10.8. The molecule has 0 aromatic carbocycles. The van der Waals surface area contributed by atoms with Gasteiger partial charge in [0.05, 0.1) is 17.4 Å². The molecule has 0 spiro atoms. The number of nitrogens with one attached hydrogen (secondary N) is 1. The third-order valence-corrected chi connectivity index (χ3v) is 3.41. The van der Waals surface area contributed by atoms with E-state index >= 15 is 0 Å². The first-order chi connectivity index (χ1) is 8.99. The summed E-state index contributed by atoms with van der Waals surface area (Å²) in [6, 6.07) is 0. The molecule has 0 bridgehead atoms. The predicted octanol–water partition coefficient (Wildman–Crippen LogP) is -0.0315. The number of hydrogen-bond donors (Lipinski definition) is 3. The number of aromatic nitrogens is 2. The second kappa shape index (κ2) is 5.40. The first-order valence-corrected chi connectivity index (χ1v) is 6.41. The smallest absolute Gasteiger partial charge is 0.244 e. The zero-order valence-electron chi connectivity index (χ0n) is 10.8. The molecule has 0 saturated heterocycles. The summed E-state index contributed by atoms with van der Waals surface area (Å²) >= 11 is 0. The van der Waals surface area contributed by atoms with E-state index in [4.69, 9.17) is 11.5 Å². The summed E-state index contributed by atoms with van der Waals surface area (Å²) in [6.07, 6.45) is 7.53. The molecule has 1 aliphatic rings. The first-order valence-electron chi connectivity index (χ1n) is 6.41. The number of nitrogens with two attached hydrogens (primary N) is 2. The molecule has 0 aliphatic heterocycles. The normalized spacial score (nSPS) is 17.9. The molecule has 7 nitrogen and oxygen atoms in total. The highest BCUT2D eigenvalue weighted by atomic mass is 16.2. The van der Waals surface area contributed by atoms with Crippen molar-refractivity contribution in [2.75, 3.05) is 5.32 Å². The molecule has 2 rings (SSSR count). The topological polar surface area (TPSA) is 116 Å². The lowest BCUT2D eigenvalue weighted by Gasteiger charge is -2.31. The van der Waals surface area contributed by atoms with Crippen LogP contribution in [0.1, 0.15) is 32.1 Å². The number of rotatable bonds is 4. The largest absolute Gasteiger partial charge is 0.368 e. The van der Waals surface area contributed by atoms with Crippen LogP contribution in [0, 0.1) is 0 Å². The standard InChI is InChI=1S/C12H19N5O2/c13-10(18)8-17-7-9(6-15-17)16-11(19)12(14)4-2-1-3-5-12/h6-7H,1-5,8,14H2,(H2,13,18)(H,16,19). The monoisotopic (exact) mass is 265 g/mol. The Kier molecular flexibility index (Phi) is 3.84. The summed E-state index contributed by atoms with van der Waals surface area (Å²) in [7, 11) is 0. The van der Waals surface area contributed by atoms with Crippen LogP contribution in [0.3, 0.4) is 0 Å². The van der Waals surface area contributed by atoms with Crippen LogP contribution < -0.4 is 16.8 Å². The van der Waals surface area contributed by atoms with E-state index in [9.17, 15) is 9.59 Å². The number of carbonyl (C=O) groups excluding carboxylic acids is 2. The van der Waals surface area contributed by atoms with E-state index in [1.54, 1.807) is 6.20 Å². The van der Waals surface area contributed by atoms with E-state index in [1.807, 2.05) is 0 Å². The van der Waals surface area contributed by atoms with Gasteiger partial charge in [0.25, 0.3) is 0 Å². The molecule has 1 aliphatic carbocycles. The van der Waals surface area contributed by atoms with Crippen LogP contribution in [0.5, 0.6) is 0 Å². The Morgan fingerprint density at radius 1 is 1.37 bits per heavy atom. The summed E-state index contributed by atoms with van der Waals surface area (Å²) in [5, 5.41) is 6.68. The zero-order chi connectivity index (χ0) is 13.9. The molecule has 104 valence electrons. The lowest BCUT2D eigenvalue weighted by atomic mass is 9.82. The minimum atomic E-state index is -0.788. The second-order valence-electron chi connectivity index (χ2n) is 5.06. The van der Waals surface area contributed by atoms with Gasteiger partial charge in [0, 0.05) is 6.20 Å². The van der Waals surface area contributed by atoms with Crippen LogP contribution in [0.15, 0.2) is 12.4 Å². The molecular formula is C12H19N5O2. The quantitative estimate of drug-likeness (QED) is 0.708. The number of hydrogen-bond acceptors (Lipinski definition) is 4. The van der Waals surface area contributed by atoms with Crippen molar-refractivity contribution in [3.8, 4) is 0 Å². The number of amides is 2. The molecule has 7 heteroatoms. The maximum atomic E-state index is 12.2. The molecule has 0 atom stereocenters. The van der Waals surface area contributed by atoms with Crippen molar-refractivity contribution in [2.45, 2.75) is 44.2 Å². The fraction of sp³-hybridized carbons (Fsp3) is 0.583. The molecule has 1 fully saturated rings. The highest BCUT2D eigenvalue weighted by molar-refractivity contribution is 5.97. The third-order valence-electron chi connectivity index (χ3n) is 3.41. The molecule has 5 N–H and O–H groups in total. The Morgan fingerprint density at radius 3 is 2.68 bits per heavy atom. The van der Waals surface area contributed by atoms with E-state index < -0.39 is 11.4 Å². The summed E-state index contributed by atoms with van der Waals surface area (Å²) in [6.45, 7) is -0.0103. The van der Waals surface area contributed by atoms with Crippen molar-refractivity contribution < 1.29 is 9.59 Å². The van der Waals surface area contributed by atoms with Gasteiger partial charge < -0.3 is 16.8 Å². The van der Waals surface area contributed by atoms with Gasteiger partial charge in [0.1, 0.15) is 6.54 Å². The Bertz CT molecular complexity index is 476. The van der Waals surface area contributed by atoms with Gasteiger partial charge in [0.15, 0.2) is 0 Å². The third kappa shape index (κ3) is 3.31. The predicted molar refractivity (Wildman–Crippen MR) is 70.1 cm³/mol. The van der Waals surface area contributed by atoms with Crippen LogP contribution >= 0.6 is 0 Å². The van der Waals surface area contributed by atoms with Crippen LogP contribution in [0.25, 0.3) is 0 Å². The van der Waals surface area contributed by atoms with Crippen molar-refractivity contribution in [2.24, 2.45) is 11.5 Å². The number of anilines is 1. The van der Waals surface area contributed by atoms with Crippen molar-refractivity contribution in [3.05, 3.63) is 12.4 Å². The molecule has 1 saturated carbocycles. The van der Waals surface area contributed by atoms with Crippen LogP contribution in [0.4, 0.5) is 5.69 Å². The summed E-state index contributed by atoms with van der Waals surface area (Å²) in [4.78, 5) is 22.9. The van der Waals surface area contributed by atoms with E-state index in [0.29, 0.717) is 18.5 Å².